The Morgan fingerprint density at radius 2 is 2.08 bits per heavy atom. The van der Waals surface area contributed by atoms with Gasteiger partial charge in [-0.25, -0.2) is 0 Å². The Kier molecular flexibility index (Phi) is 3.96. The first-order valence-corrected chi connectivity index (χ1v) is 7.63. The van der Waals surface area contributed by atoms with E-state index in [1.54, 1.807) is 30.5 Å². The summed E-state index contributed by atoms with van der Waals surface area (Å²) in [4.78, 5) is 11.9. The lowest BCUT2D eigenvalue weighted by atomic mass is 10.2. The van der Waals surface area contributed by atoms with Crippen LogP contribution in [0, 0.1) is 0 Å². The van der Waals surface area contributed by atoms with Crippen molar-refractivity contribution in [3.63, 3.8) is 0 Å². The average molecular weight is 338 g/mol. The maximum absolute atomic E-state index is 11.9. The predicted molar refractivity (Wildman–Crippen MR) is 87.7 cm³/mol. The van der Waals surface area contributed by atoms with Crippen LogP contribution in [0.2, 0.25) is 0 Å². The number of furan rings is 1. The van der Waals surface area contributed by atoms with Crippen molar-refractivity contribution in [2.75, 3.05) is 6.79 Å². The molecule has 1 aliphatic rings. The van der Waals surface area contributed by atoms with E-state index in [9.17, 15) is 4.79 Å². The normalized spacial score (nSPS) is 12.6. The van der Waals surface area contributed by atoms with Gasteiger partial charge in [-0.3, -0.25) is 4.79 Å². The van der Waals surface area contributed by atoms with Gasteiger partial charge >= 0.3 is 0 Å². The van der Waals surface area contributed by atoms with E-state index in [1.165, 1.54) is 6.08 Å². The number of rotatable bonds is 5. The lowest BCUT2D eigenvalue weighted by molar-refractivity contribution is -0.116. The molecule has 1 amide bonds. The smallest absolute Gasteiger partial charge is 0.244 e. The van der Waals surface area contributed by atoms with E-state index in [-0.39, 0.29) is 19.2 Å². The van der Waals surface area contributed by atoms with Crippen LogP contribution >= 0.6 is 0 Å². The van der Waals surface area contributed by atoms with Crippen LogP contribution in [0.5, 0.6) is 11.5 Å². The van der Waals surface area contributed by atoms with E-state index in [1.807, 2.05) is 18.2 Å². The second-order valence-electron chi connectivity index (χ2n) is 5.32. The highest BCUT2D eigenvalue weighted by Gasteiger charge is 2.12. The summed E-state index contributed by atoms with van der Waals surface area (Å²) in [5, 5.41) is 6.64. The molecular weight excluding hydrogens is 324 g/mol. The summed E-state index contributed by atoms with van der Waals surface area (Å²) < 4.78 is 20.9. The molecule has 3 heterocycles. The molecule has 3 aromatic rings. The molecule has 0 fully saturated rings. The summed E-state index contributed by atoms with van der Waals surface area (Å²) in [6.07, 6.45) is 4.71. The molecule has 1 N–H and O–H groups in total. The zero-order valence-electron chi connectivity index (χ0n) is 13.1. The number of nitrogens with zero attached hydrogens (tertiary/aromatic N) is 1. The predicted octanol–water partition coefficient (Wildman–Crippen LogP) is 2.99. The molecule has 2 aromatic heterocycles. The monoisotopic (exact) mass is 338 g/mol. The molecule has 0 aliphatic carbocycles. The van der Waals surface area contributed by atoms with Gasteiger partial charge in [0.1, 0.15) is 5.69 Å². The van der Waals surface area contributed by atoms with Gasteiger partial charge in [-0.2, -0.15) is 0 Å². The molecule has 7 nitrogen and oxygen atoms in total. The second kappa shape index (κ2) is 6.56. The Hall–Kier alpha value is -3.48. The first-order valence-electron chi connectivity index (χ1n) is 7.63. The average Bonchev–Trinajstić information content (AvgIpc) is 3.38. The van der Waals surface area contributed by atoms with Gasteiger partial charge in [0.25, 0.3) is 0 Å². The molecule has 0 radical (unpaired) electrons. The van der Waals surface area contributed by atoms with E-state index >= 15 is 0 Å². The maximum Gasteiger partial charge on any atom is 0.244 e. The third kappa shape index (κ3) is 3.40. The number of aromatic nitrogens is 1. The molecule has 0 unspecified atom stereocenters. The maximum atomic E-state index is 11.9. The first kappa shape index (κ1) is 15.1. The van der Waals surface area contributed by atoms with Crippen molar-refractivity contribution in [3.8, 4) is 23.0 Å². The fourth-order valence-corrected chi connectivity index (χ4v) is 2.36. The number of nitrogens with one attached hydrogen (secondary N) is 1. The van der Waals surface area contributed by atoms with Crippen molar-refractivity contribution < 1.29 is 23.2 Å². The number of carbonyl (C=O) groups is 1. The lowest BCUT2D eigenvalue weighted by Crippen LogP contribution is -2.20. The van der Waals surface area contributed by atoms with Gasteiger partial charge in [-0.05, 0) is 35.9 Å². The molecule has 126 valence electrons. The molecule has 25 heavy (non-hydrogen) atoms. The number of hydrogen-bond acceptors (Lipinski definition) is 6. The Morgan fingerprint density at radius 1 is 1.16 bits per heavy atom. The van der Waals surface area contributed by atoms with E-state index in [4.69, 9.17) is 18.4 Å². The molecule has 0 saturated heterocycles. The Bertz CT molecular complexity index is 911. The van der Waals surface area contributed by atoms with Crippen molar-refractivity contribution in [3.05, 3.63) is 60.0 Å². The summed E-state index contributed by atoms with van der Waals surface area (Å²) in [7, 11) is 0. The molecule has 0 bridgehead atoms. The number of amides is 1. The number of fused-ring (bicyclic) bond motifs is 1. The Morgan fingerprint density at radius 3 is 2.96 bits per heavy atom. The molecule has 1 aromatic carbocycles. The molecule has 0 spiro atoms. The summed E-state index contributed by atoms with van der Waals surface area (Å²) in [6, 6.07) is 10.7. The van der Waals surface area contributed by atoms with Crippen LogP contribution in [0.1, 0.15) is 11.3 Å². The van der Waals surface area contributed by atoms with Crippen LogP contribution in [0.15, 0.2) is 57.7 Å². The van der Waals surface area contributed by atoms with Gasteiger partial charge in [0, 0.05) is 12.1 Å². The van der Waals surface area contributed by atoms with Crippen molar-refractivity contribution in [2.45, 2.75) is 6.54 Å². The van der Waals surface area contributed by atoms with E-state index in [0.717, 1.165) is 5.56 Å². The fraction of sp³-hybridized carbons (Fsp3) is 0.111. The third-order valence-electron chi connectivity index (χ3n) is 3.59. The van der Waals surface area contributed by atoms with Gasteiger partial charge in [0.15, 0.2) is 17.3 Å². The Labute approximate surface area is 142 Å². The minimum absolute atomic E-state index is 0.223. The minimum Gasteiger partial charge on any atom is -0.461 e. The standard InChI is InChI=1S/C18H14N2O5/c21-18(6-4-12-3-5-15-16(8-12)24-11-23-15)19-10-13-9-17(25-20-13)14-2-1-7-22-14/h1-9H,10-11H2,(H,19,21). The number of hydrogen-bond donors (Lipinski definition) is 1. The summed E-state index contributed by atoms with van der Waals surface area (Å²) in [5.74, 6) is 2.26. The molecule has 0 saturated carbocycles. The lowest BCUT2D eigenvalue weighted by Gasteiger charge is -1.99. The van der Waals surface area contributed by atoms with Crippen molar-refractivity contribution >= 4 is 12.0 Å². The SMILES string of the molecule is O=C(C=Cc1ccc2c(c1)OCO2)NCc1cc(-c2ccco2)on1. The summed E-state index contributed by atoms with van der Waals surface area (Å²) >= 11 is 0. The number of ether oxygens (including phenoxy) is 2. The highest BCUT2D eigenvalue weighted by Crippen LogP contribution is 2.32. The van der Waals surface area contributed by atoms with E-state index < -0.39 is 0 Å². The van der Waals surface area contributed by atoms with Crippen molar-refractivity contribution in [2.24, 2.45) is 0 Å². The van der Waals surface area contributed by atoms with Crippen LogP contribution in [-0.4, -0.2) is 17.9 Å². The van der Waals surface area contributed by atoms with Crippen LogP contribution < -0.4 is 14.8 Å². The molecule has 1 aliphatic heterocycles. The molecule has 7 heteroatoms. The molecule has 4 rings (SSSR count). The molecular formula is C18H14N2O5. The van der Waals surface area contributed by atoms with Crippen molar-refractivity contribution in [1.82, 2.24) is 10.5 Å². The van der Waals surface area contributed by atoms with E-state index in [2.05, 4.69) is 10.5 Å². The van der Waals surface area contributed by atoms with Crippen LogP contribution in [0.4, 0.5) is 0 Å². The fourth-order valence-electron chi connectivity index (χ4n) is 2.36. The third-order valence-corrected chi connectivity index (χ3v) is 3.59. The van der Waals surface area contributed by atoms with E-state index in [0.29, 0.717) is 28.7 Å². The highest BCUT2D eigenvalue weighted by molar-refractivity contribution is 5.91. The van der Waals surface area contributed by atoms with Gasteiger partial charge in [-0.1, -0.05) is 11.2 Å². The first-order chi connectivity index (χ1) is 12.3. The highest BCUT2D eigenvalue weighted by atomic mass is 16.7. The quantitative estimate of drug-likeness (QED) is 0.720. The second-order valence-corrected chi connectivity index (χ2v) is 5.32. The van der Waals surface area contributed by atoms with Gasteiger partial charge in [0.05, 0.1) is 12.8 Å². The molecule has 0 atom stereocenters. The Balaban J connectivity index is 1.33. The topological polar surface area (TPSA) is 86.7 Å². The van der Waals surface area contributed by atoms with Crippen LogP contribution in [0.3, 0.4) is 0 Å². The van der Waals surface area contributed by atoms with Crippen molar-refractivity contribution in [1.29, 1.82) is 0 Å². The number of benzene rings is 1. The van der Waals surface area contributed by atoms with Gasteiger partial charge in [-0.15, -0.1) is 0 Å². The minimum atomic E-state index is -0.236. The van der Waals surface area contributed by atoms with Crippen LogP contribution in [-0.2, 0) is 11.3 Å². The van der Waals surface area contributed by atoms with Gasteiger partial charge in [0.2, 0.25) is 18.5 Å². The van der Waals surface area contributed by atoms with Crippen LogP contribution in [0.25, 0.3) is 17.6 Å². The number of carbonyl (C=O) groups excluding carboxylic acids is 1. The largest absolute Gasteiger partial charge is 0.461 e. The summed E-state index contributed by atoms with van der Waals surface area (Å²) in [5.41, 5.74) is 1.46. The summed E-state index contributed by atoms with van der Waals surface area (Å²) in [6.45, 7) is 0.481. The zero-order chi connectivity index (χ0) is 17.1. The van der Waals surface area contributed by atoms with Gasteiger partial charge < -0.3 is 23.7 Å². The zero-order valence-corrected chi connectivity index (χ0v) is 13.1.